The van der Waals surface area contributed by atoms with Crippen LogP contribution in [0.3, 0.4) is 0 Å². The Bertz CT molecular complexity index is 404. The van der Waals surface area contributed by atoms with Crippen molar-refractivity contribution in [3.63, 3.8) is 0 Å². The molecule has 1 aliphatic carbocycles. The normalized spacial score (nSPS) is 23.8. The second-order valence-electron chi connectivity index (χ2n) is 6.42. The van der Waals surface area contributed by atoms with E-state index in [4.69, 9.17) is 5.73 Å². The molecule has 1 fully saturated rings. The molecule has 0 amide bonds. The fourth-order valence-corrected chi connectivity index (χ4v) is 3.46. The van der Waals surface area contributed by atoms with Crippen LogP contribution in [0.15, 0.2) is 5.38 Å². The van der Waals surface area contributed by atoms with Crippen molar-refractivity contribution >= 4 is 11.3 Å². The summed E-state index contributed by atoms with van der Waals surface area (Å²) in [5.74, 6) is 0. The maximum absolute atomic E-state index is 10.6. The Kier molecular flexibility index (Phi) is 3.81. The third kappa shape index (κ3) is 2.60. The van der Waals surface area contributed by atoms with Crippen LogP contribution >= 0.6 is 11.3 Å². The molecule has 0 aliphatic heterocycles. The number of aliphatic hydroxyl groups is 1. The maximum Gasteiger partial charge on any atom is 0.104 e. The molecule has 0 aromatic carbocycles. The molecule has 0 saturated heterocycles. The molecule has 0 bridgehead atoms. The van der Waals surface area contributed by atoms with Gasteiger partial charge in [-0.3, -0.25) is 0 Å². The lowest BCUT2D eigenvalue weighted by molar-refractivity contribution is -0.0256. The largest absolute Gasteiger partial charge is 0.386 e. The van der Waals surface area contributed by atoms with Gasteiger partial charge in [0.25, 0.3) is 0 Å². The number of rotatable bonds is 3. The molecule has 3 nitrogen and oxygen atoms in total. The Morgan fingerprint density at radius 3 is 2.44 bits per heavy atom. The van der Waals surface area contributed by atoms with E-state index in [-0.39, 0.29) is 5.41 Å². The third-order valence-electron chi connectivity index (χ3n) is 4.50. The van der Waals surface area contributed by atoms with Gasteiger partial charge >= 0.3 is 0 Å². The Labute approximate surface area is 113 Å². The van der Waals surface area contributed by atoms with Crippen LogP contribution in [0.4, 0.5) is 0 Å². The van der Waals surface area contributed by atoms with Gasteiger partial charge in [0.05, 0.1) is 10.7 Å². The predicted molar refractivity (Wildman–Crippen MR) is 75.5 cm³/mol. The van der Waals surface area contributed by atoms with Gasteiger partial charge in [0.1, 0.15) is 6.10 Å². The number of aliphatic hydroxyl groups excluding tert-OH is 1. The Morgan fingerprint density at radius 2 is 2.00 bits per heavy atom. The van der Waals surface area contributed by atoms with Crippen molar-refractivity contribution in [1.82, 2.24) is 4.98 Å². The molecule has 0 spiro atoms. The molecule has 1 heterocycles. The first-order chi connectivity index (χ1) is 8.38. The van der Waals surface area contributed by atoms with E-state index in [0.717, 1.165) is 36.4 Å². The van der Waals surface area contributed by atoms with Gasteiger partial charge in [-0.15, -0.1) is 11.3 Å². The monoisotopic (exact) mass is 268 g/mol. The van der Waals surface area contributed by atoms with Gasteiger partial charge in [-0.1, -0.05) is 13.8 Å². The molecular weight excluding hydrogens is 244 g/mol. The fraction of sp³-hybridized carbons (Fsp3) is 0.786. The number of hydrogen-bond donors (Lipinski definition) is 2. The molecule has 4 heteroatoms. The number of nitrogens with two attached hydrogens (primary N) is 1. The van der Waals surface area contributed by atoms with Crippen molar-refractivity contribution in [3.8, 4) is 0 Å². The second-order valence-corrected chi connectivity index (χ2v) is 7.49. The van der Waals surface area contributed by atoms with E-state index in [1.807, 2.05) is 12.3 Å². The molecule has 1 saturated carbocycles. The minimum Gasteiger partial charge on any atom is -0.386 e. The van der Waals surface area contributed by atoms with E-state index in [9.17, 15) is 5.11 Å². The summed E-state index contributed by atoms with van der Waals surface area (Å²) in [6, 6.07) is 0. The summed E-state index contributed by atoms with van der Waals surface area (Å²) in [6.45, 7) is 7.11. The summed E-state index contributed by atoms with van der Waals surface area (Å²) in [7, 11) is 0. The van der Waals surface area contributed by atoms with E-state index >= 15 is 0 Å². The molecule has 3 N–H and O–H groups in total. The van der Waals surface area contributed by atoms with Crippen LogP contribution in [0, 0.1) is 17.8 Å². The molecule has 1 aromatic heterocycles. The van der Waals surface area contributed by atoms with Crippen LogP contribution in [0.2, 0.25) is 0 Å². The van der Waals surface area contributed by atoms with Crippen molar-refractivity contribution in [2.45, 2.75) is 52.6 Å². The fourth-order valence-electron chi connectivity index (χ4n) is 2.83. The van der Waals surface area contributed by atoms with Crippen LogP contribution in [-0.4, -0.2) is 16.6 Å². The molecular formula is C14H24N2OS. The van der Waals surface area contributed by atoms with Crippen LogP contribution in [-0.2, 0) is 0 Å². The van der Waals surface area contributed by atoms with E-state index in [1.54, 1.807) is 11.3 Å². The van der Waals surface area contributed by atoms with Crippen molar-refractivity contribution in [2.24, 2.45) is 16.6 Å². The van der Waals surface area contributed by atoms with Gasteiger partial charge in [-0.25, -0.2) is 4.98 Å². The summed E-state index contributed by atoms with van der Waals surface area (Å²) in [6.07, 6.45) is 3.74. The van der Waals surface area contributed by atoms with E-state index in [0.29, 0.717) is 12.0 Å². The topological polar surface area (TPSA) is 59.1 Å². The highest BCUT2D eigenvalue weighted by Crippen LogP contribution is 2.50. The molecule has 1 aromatic rings. The lowest BCUT2D eigenvalue weighted by Gasteiger charge is -2.45. The summed E-state index contributed by atoms with van der Waals surface area (Å²) < 4.78 is 0. The highest BCUT2D eigenvalue weighted by atomic mass is 32.1. The molecule has 18 heavy (non-hydrogen) atoms. The van der Waals surface area contributed by atoms with Crippen LogP contribution in [0.5, 0.6) is 0 Å². The predicted octanol–water partition coefficient (Wildman–Crippen LogP) is 3.03. The number of hydrogen-bond acceptors (Lipinski definition) is 4. The summed E-state index contributed by atoms with van der Waals surface area (Å²) in [5, 5.41) is 13.6. The van der Waals surface area contributed by atoms with Crippen molar-refractivity contribution in [2.75, 3.05) is 6.54 Å². The number of aromatic nitrogens is 1. The average molecular weight is 268 g/mol. The summed E-state index contributed by atoms with van der Waals surface area (Å²) in [5.41, 5.74) is 7.01. The van der Waals surface area contributed by atoms with Crippen molar-refractivity contribution in [1.29, 1.82) is 0 Å². The summed E-state index contributed by atoms with van der Waals surface area (Å²) in [4.78, 5) is 4.43. The molecule has 0 radical (unpaired) electrons. The van der Waals surface area contributed by atoms with Gasteiger partial charge in [-0.05, 0) is 38.0 Å². The zero-order valence-electron chi connectivity index (χ0n) is 11.6. The van der Waals surface area contributed by atoms with E-state index in [2.05, 4.69) is 18.8 Å². The van der Waals surface area contributed by atoms with Crippen molar-refractivity contribution < 1.29 is 5.11 Å². The molecule has 2 rings (SSSR count). The minimum absolute atomic E-state index is 0.171. The minimum atomic E-state index is -0.511. The maximum atomic E-state index is 10.6. The molecule has 1 unspecified atom stereocenters. The van der Waals surface area contributed by atoms with Crippen molar-refractivity contribution in [3.05, 3.63) is 16.1 Å². The highest BCUT2D eigenvalue weighted by molar-refractivity contribution is 7.09. The molecule has 102 valence electrons. The van der Waals surface area contributed by atoms with Crippen LogP contribution < -0.4 is 5.73 Å². The molecule has 1 atom stereocenters. The standard InChI is InChI=1S/C14H24N2OS/c1-10-16-11(8-18-10)12(17)14(9-15)6-4-13(2,3)5-7-14/h8,12,17H,4-7,9,15H2,1-3H3. The number of aryl methyl sites for hydroxylation is 1. The molecule has 1 aliphatic rings. The lowest BCUT2D eigenvalue weighted by atomic mass is 9.62. The first-order valence-corrected chi connectivity index (χ1v) is 7.57. The van der Waals surface area contributed by atoms with Gasteiger partial charge in [-0.2, -0.15) is 0 Å². The zero-order valence-corrected chi connectivity index (χ0v) is 12.4. The number of nitrogens with zero attached hydrogens (tertiary/aromatic N) is 1. The highest BCUT2D eigenvalue weighted by Gasteiger charge is 2.43. The Balaban J connectivity index is 2.18. The zero-order chi connectivity index (χ0) is 13.4. The van der Waals surface area contributed by atoms with Crippen LogP contribution in [0.1, 0.15) is 56.3 Å². The van der Waals surface area contributed by atoms with Gasteiger partial charge in [0.2, 0.25) is 0 Å². The average Bonchev–Trinajstić information content (AvgIpc) is 2.76. The van der Waals surface area contributed by atoms with Crippen LogP contribution in [0.25, 0.3) is 0 Å². The first kappa shape index (κ1) is 14.0. The quantitative estimate of drug-likeness (QED) is 0.886. The first-order valence-electron chi connectivity index (χ1n) is 6.69. The smallest absolute Gasteiger partial charge is 0.104 e. The summed E-state index contributed by atoms with van der Waals surface area (Å²) >= 11 is 1.59. The van der Waals surface area contributed by atoms with Gasteiger partial charge in [0, 0.05) is 17.3 Å². The Hall–Kier alpha value is -0.450. The second kappa shape index (κ2) is 4.91. The SMILES string of the molecule is Cc1nc(C(O)C2(CN)CCC(C)(C)CC2)cs1. The van der Waals surface area contributed by atoms with Gasteiger partial charge < -0.3 is 10.8 Å². The third-order valence-corrected chi connectivity index (χ3v) is 5.29. The Morgan fingerprint density at radius 1 is 1.39 bits per heavy atom. The van der Waals surface area contributed by atoms with Gasteiger partial charge in [0.15, 0.2) is 0 Å². The number of thiazole rings is 1. The lowest BCUT2D eigenvalue weighted by Crippen LogP contribution is -2.42. The van der Waals surface area contributed by atoms with E-state index < -0.39 is 6.10 Å². The van der Waals surface area contributed by atoms with E-state index in [1.165, 1.54) is 0 Å².